The lowest BCUT2D eigenvalue weighted by Gasteiger charge is -2.17. The molecule has 0 spiro atoms. The van der Waals surface area contributed by atoms with Crippen molar-refractivity contribution in [3.05, 3.63) is 62.9 Å². The molecule has 30 heavy (non-hydrogen) atoms. The molecule has 8 heteroatoms. The highest BCUT2D eigenvalue weighted by Crippen LogP contribution is 2.25. The van der Waals surface area contributed by atoms with Gasteiger partial charge in [-0.1, -0.05) is 18.2 Å². The molecule has 0 radical (unpaired) electrons. The summed E-state index contributed by atoms with van der Waals surface area (Å²) in [5.74, 6) is 0.529. The first kappa shape index (κ1) is 20.2. The van der Waals surface area contributed by atoms with Crippen molar-refractivity contribution in [3.63, 3.8) is 0 Å². The SMILES string of the molecule is Cc1sc2ncn(CCC(=O)N(C)Cc3nc(C)c4ccccc4n3)c(=O)c2c1C. The van der Waals surface area contributed by atoms with Crippen LogP contribution in [0, 0.1) is 20.8 Å². The molecule has 0 saturated carbocycles. The lowest BCUT2D eigenvalue weighted by Crippen LogP contribution is -2.30. The second kappa shape index (κ2) is 7.95. The molecule has 0 unspecified atom stereocenters. The Morgan fingerprint density at radius 2 is 1.93 bits per heavy atom. The minimum absolute atomic E-state index is 0.0744. The molecule has 4 aromatic rings. The second-order valence-corrected chi connectivity index (χ2v) is 8.65. The Kier molecular flexibility index (Phi) is 5.34. The number of carbonyl (C=O) groups excluding carboxylic acids is 1. The summed E-state index contributed by atoms with van der Waals surface area (Å²) in [5.41, 5.74) is 2.64. The van der Waals surface area contributed by atoms with Gasteiger partial charge < -0.3 is 4.90 Å². The van der Waals surface area contributed by atoms with Crippen LogP contribution in [0.2, 0.25) is 0 Å². The Balaban J connectivity index is 1.47. The van der Waals surface area contributed by atoms with Gasteiger partial charge in [-0.05, 0) is 32.4 Å². The highest BCUT2D eigenvalue weighted by Gasteiger charge is 2.15. The van der Waals surface area contributed by atoms with Gasteiger partial charge in [0.05, 0.1) is 23.8 Å². The zero-order valence-corrected chi connectivity index (χ0v) is 18.3. The van der Waals surface area contributed by atoms with Crippen molar-refractivity contribution in [1.29, 1.82) is 0 Å². The van der Waals surface area contributed by atoms with Crippen LogP contribution in [-0.4, -0.2) is 37.4 Å². The summed E-state index contributed by atoms with van der Waals surface area (Å²) in [7, 11) is 1.73. The van der Waals surface area contributed by atoms with Gasteiger partial charge in [0.25, 0.3) is 5.56 Å². The lowest BCUT2D eigenvalue weighted by atomic mass is 10.2. The minimum atomic E-state index is -0.0919. The highest BCUT2D eigenvalue weighted by atomic mass is 32.1. The summed E-state index contributed by atoms with van der Waals surface area (Å²) in [6, 6.07) is 7.83. The van der Waals surface area contributed by atoms with Crippen LogP contribution in [0.1, 0.15) is 28.4 Å². The topological polar surface area (TPSA) is 81.0 Å². The number of aromatic nitrogens is 4. The molecular weight excluding hydrogens is 398 g/mol. The van der Waals surface area contributed by atoms with Crippen LogP contribution in [-0.2, 0) is 17.9 Å². The molecule has 0 aliphatic rings. The van der Waals surface area contributed by atoms with E-state index < -0.39 is 0 Å². The summed E-state index contributed by atoms with van der Waals surface area (Å²) in [6.45, 7) is 6.47. The van der Waals surface area contributed by atoms with Gasteiger partial charge in [0.15, 0.2) is 0 Å². The third kappa shape index (κ3) is 3.70. The van der Waals surface area contributed by atoms with Crippen LogP contribution in [0.25, 0.3) is 21.1 Å². The number of carbonyl (C=O) groups is 1. The number of fused-ring (bicyclic) bond motifs is 2. The maximum atomic E-state index is 12.8. The van der Waals surface area contributed by atoms with E-state index >= 15 is 0 Å². The van der Waals surface area contributed by atoms with E-state index in [-0.39, 0.29) is 24.4 Å². The van der Waals surface area contributed by atoms with E-state index in [1.165, 1.54) is 22.2 Å². The van der Waals surface area contributed by atoms with E-state index in [0.717, 1.165) is 31.9 Å². The van der Waals surface area contributed by atoms with Gasteiger partial charge in [-0.2, -0.15) is 0 Å². The minimum Gasteiger partial charge on any atom is -0.338 e. The van der Waals surface area contributed by atoms with E-state index in [2.05, 4.69) is 15.0 Å². The Hall–Kier alpha value is -3.13. The molecule has 0 saturated heterocycles. The summed E-state index contributed by atoms with van der Waals surface area (Å²) in [4.78, 5) is 42.4. The fourth-order valence-electron chi connectivity index (χ4n) is 3.50. The summed E-state index contributed by atoms with van der Waals surface area (Å²) >= 11 is 1.52. The number of hydrogen-bond donors (Lipinski definition) is 0. The number of amides is 1. The molecule has 0 aliphatic carbocycles. The first-order valence-electron chi connectivity index (χ1n) is 9.76. The smallest absolute Gasteiger partial charge is 0.262 e. The van der Waals surface area contributed by atoms with Gasteiger partial charge in [-0.3, -0.25) is 14.2 Å². The summed E-state index contributed by atoms with van der Waals surface area (Å²) in [6.07, 6.45) is 1.74. The summed E-state index contributed by atoms with van der Waals surface area (Å²) < 4.78 is 1.52. The largest absolute Gasteiger partial charge is 0.338 e. The lowest BCUT2D eigenvalue weighted by molar-refractivity contribution is -0.130. The quantitative estimate of drug-likeness (QED) is 0.493. The van der Waals surface area contributed by atoms with E-state index in [4.69, 9.17) is 0 Å². The average molecular weight is 422 g/mol. The van der Waals surface area contributed by atoms with Crippen LogP contribution in [0.5, 0.6) is 0 Å². The fraction of sp³-hybridized carbons (Fsp3) is 0.318. The Morgan fingerprint density at radius 1 is 1.17 bits per heavy atom. The number of benzene rings is 1. The maximum absolute atomic E-state index is 12.8. The monoisotopic (exact) mass is 421 g/mol. The van der Waals surface area contributed by atoms with Crippen molar-refractivity contribution < 1.29 is 4.79 Å². The van der Waals surface area contributed by atoms with Crippen molar-refractivity contribution in [2.24, 2.45) is 0 Å². The molecule has 0 bridgehead atoms. The van der Waals surface area contributed by atoms with Crippen molar-refractivity contribution in [3.8, 4) is 0 Å². The number of rotatable bonds is 5. The number of aryl methyl sites for hydroxylation is 4. The zero-order valence-electron chi connectivity index (χ0n) is 17.5. The molecule has 0 fully saturated rings. The predicted molar refractivity (Wildman–Crippen MR) is 119 cm³/mol. The molecule has 0 atom stereocenters. The molecule has 7 nitrogen and oxygen atoms in total. The molecule has 0 N–H and O–H groups in total. The van der Waals surface area contributed by atoms with Crippen molar-refractivity contribution in [2.45, 2.75) is 40.3 Å². The van der Waals surface area contributed by atoms with E-state index in [0.29, 0.717) is 17.8 Å². The van der Waals surface area contributed by atoms with E-state index in [9.17, 15) is 9.59 Å². The number of nitrogens with zero attached hydrogens (tertiary/aromatic N) is 5. The van der Waals surface area contributed by atoms with Crippen LogP contribution < -0.4 is 5.56 Å². The molecule has 3 aromatic heterocycles. The molecule has 1 amide bonds. The number of thiophene rings is 1. The molecule has 4 rings (SSSR count). The normalized spacial score (nSPS) is 11.3. The van der Waals surface area contributed by atoms with Crippen molar-refractivity contribution in [2.75, 3.05) is 7.05 Å². The van der Waals surface area contributed by atoms with Crippen LogP contribution in [0.15, 0.2) is 35.4 Å². The number of para-hydroxylation sites is 1. The first-order valence-corrected chi connectivity index (χ1v) is 10.6. The molecule has 1 aromatic carbocycles. The Labute approximate surface area is 178 Å². The van der Waals surface area contributed by atoms with Gasteiger partial charge in [0, 0.05) is 36.0 Å². The Morgan fingerprint density at radius 3 is 2.73 bits per heavy atom. The van der Waals surface area contributed by atoms with E-state index in [1.54, 1.807) is 11.9 Å². The Bertz CT molecular complexity index is 1320. The van der Waals surface area contributed by atoms with Gasteiger partial charge in [0.1, 0.15) is 10.7 Å². The zero-order chi connectivity index (χ0) is 21.4. The van der Waals surface area contributed by atoms with Gasteiger partial charge in [-0.15, -0.1) is 11.3 Å². The third-order valence-electron chi connectivity index (χ3n) is 5.37. The molecule has 154 valence electrons. The van der Waals surface area contributed by atoms with Crippen molar-refractivity contribution >= 4 is 38.4 Å². The van der Waals surface area contributed by atoms with Crippen LogP contribution in [0.3, 0.4) is 0 Å². The van der Waals surface area contributed by atoms with Crippen LogP contribution >= 0.6 is 11.3 Å². The standard InChI is InChI=1S/C22H23N5O2S/c1-13-15(3)30-21-20(13)22(29)27(12-23-21)10-9-19(28)26(4)11-18-24-14(2)16-7-5-6-8-17(16)25-18/h5-8,12H,9-11H2,1-4H3. The predicted octanol–water partition coefficient (Wildman–Crippen LogP) is 3.38. The highest BCUT2D eigenvalue weighted by molar-refractivity contribution is 7.18. The first-order chi connectivity index (χ1) is 14.3. The molecular formula is C22H23N5O2S. The molecule has 3 heterocycles. The molecule has 0 aliphatic heterocycles. The van der Waals surface area contributed by atoms with Crippen LogP contribution in [0.4, 0.5) is 0 Å². The van der Waals surface area contributed by atoms with Gasteiger partial charge in [-0.25, -0.2) is 15.0 Å². The second-order valence-electron chi connectivity index (χ2n) is 7.45. The average Bonchev–Trinajstić information content (AvgIpc) is 3.01. The fourth-order valence-corrected chi connectivity index (χ4v) is 4.49. The third-order valence-corrected chi connectivity index (χ3v) is 6.48. The number of hydrogen-bond acceptors (Lipinski definition) is 6. The summed E-state index contributed by atoms with van der Waals surface area (Å²) in [5, 5.41) is 1.66. The van der Waals surface area contributed by atoms with E-state index in [1.807, 2.05) is 45.0 Å². The van der Waals surface area contributed by atoms with Crippen molar-refractivity contribution in [1.82, 2.24) is 24.4 Å². The van der Waals surface area contributed by atoms with Gasteiger partial charge in [0.2, 0.25) is 5.91 Å². The van der Waals surface area contributed by atoms with Gasteiger partial charge >= 0.3 is 0 Å². The maximum Gasteiger partial charge on any atom is 0.262 e.